The summed E-state index contributed by atoms with van der Waals surface area (Å²) in [6.07, 6.45) is 0.575. The Morgan fingerprint density at radius 3 is 2.33 bits per heavy atom. The third-order valence-electron chi connectivity index (χ3n) is 5.22. The number of hydrogen-bond donors (Lipinski definition) is 1. The summed E-state index contributed by atoms with van der Waals surface area (Å²) in [6.45, 7) is 2.02. The van der Waals surface area contributed by atoms with Gasteiger partial charge in [-0.15, -0.1) is 10.2 Å². The first-order valence-corrected chi connectivity index (χ1v) is 10.6. The number of nitrogens with zero attached hydrogens (tertiary/aromatic N) is 2. The molecule has 0 aliphatic rings. The minimum Gasteiger partial charge on any atom is -0.497 e. The molecular formula is C26H25N3O4. The largest absolute Gasteiger partial charge is 0.497 e. The number of benzene rings is 3. The number of carbonyl (C=O) groups excluding carboxylic acids is 1. The summed E-state index contributed by atoms with van der Waals surface area (Å²) in [7, 11) is 3.25. The van der Waals surface area contributed by atoms with Gasteiger partial charge in [-0.25, -0.2) is 0 Å². The average molecular weight is 444 g/mol. The Kier molecular flexibility index (Phi) is 6.69. The summed E-state index contributed by atoms with van der Waals surface area (Å²) in [5.41, 5.74) is 4.52. The van der Waals surface area contributed by atoms with E-state index in [0.717, 1.165) is 28.0 Å². The van der Waals surface area contributed by atoms with Crippen LogP contribution in [0.4, 0.5) is 5.69 Å². The maximum absolute atomic E-state index is 12.5. The molecule has 0 radical (unpaired) electrons. The molecule has 0 fully saturated rings. The van der Waals surface area contributed by atoms with Crippen molar-refractivity contribution in [3.05, 3.63) is 78.2 Å². The zero-order valence-electron chi connectivity index (χ0n) is 18.8. The maximum Gasteiger partial charge on any atom is 0.247 e. The van der Waals surface area contributed by atoms with Crippen molar-refractivity contribution in [2.75, 3.05) is 19.5 Å². The van der Waals surface area contributed by atoms with Gasteiger partial charge in [0.25, 0.3) is 0 Å². The van der Waals surface area contributed by atoms with E-state index in [2.05, 4.69) is 15.5 Å². The van der Waals surface area contributed by atoms with Gasteiger partial charge in [0.1, 0.15) is 11.5 Å². The molecule has 0 aliphatic heterocycles. The molecule has 0 aliphatic carbocycles. The van der Waals surface area contributed by atoms with Gasteiger partial charge in [0, 0.05) is 29.7 Å². The molecule has 4 rings (SSSR count). The molecule has 7 heteroatoms. The first-order chi connectivity index (χ1) is 16.1. The lowest BCUT2D eigenvalue weighted by molar-refractivity contribution is -0.116. The summed E-state index contributed by atoms with van der Waals surface area (Å²) in [4.78, 5) is 12.5. The van der Waals surface area contributed by atoms with Crippen LogP contribution in [0.2, 0.25) is 0 Å². The Morgan fingerprint density at radius 2 is 1.64 bits per heavy atom. The number of methoxy groups -OCH3 is 2. The number of ether oxygens (including phenoxy) is 2. The zero-order valence-corrected chi connectivity index (χ0v) is 18.8. The van der Waals surface area contributed by atoms with E-state index in [-0.39, 0.29) is 12.3 Å². The third kappa shape index (κ3) is 5.38. The number of aryl methyl sites for hydroxylation is 2. The lowest BCUT2D eigenvalue weighted by Crippen LogP contribution is -2.12. The predicted octanol–water partition coefficient (Wildman–Crippen LogP) is 5.30. The minimum atomic E-state index is -0.143. The highest BCUT2D eigenvalue weighted by Gasteiger charge is 2.13. The molecule has 1 amide bonds. The molecule has 168 valence electrons. The van der Waals surface area contributed by atoms with E-state index in [4.69, 9.17) is 13.9 Å². The van der Waals surface area contributed by atoms with Crippen molar-refractivity contribution >= 4 is 11.6 Å². The van der Waals surface area contributed by atoms with Crippen LogP contribution >= 0.6 is 0 Å². The molecule has 0 spiro atoms. The summed E-state index contributed by atoms with van der Waals surface area (Å²) in [5.74, 6) is 2.22. The van der Waals surface area contributed by atoms with Gasteiger partial charge in [0.15, 0.2) is 0 Å². The quantitative estimate of drug-likeness (QED) is 0.398. The van der Waals surface area contributed by atoms with Crippen LogP contribution in [0.3, 0.4) is 0 Å². The lowest BCUT2D eigenvalue weighted by Gasteiger charge is -2.12. The molecule has 0 atom stereocenters. The SMILES string of the molecule is COc1ccc(-c2cc(NC(=O)CCc3nnc(-c4ccc(C)cc4)o3)ccc2OC)cc1. The van der Waals surface area contributed by atoms with Gasteiger partial charge >= 0.3 is 0 Å². The summed E-state index contributed by atoms with van der Waals surface area (Å²) in [5, 5.41) is 11.1. The second-order valence-corrected chi connectivity index (χ2v) is 7.56. The second-order valence-electron chi connectivity index (χ2n) is 7.56. The van der Waals surface area contributed by atoms with Crippen LogP contribution in [0.15, 0.2) is 71.1 Å². The summed E-state index contributed by atoms with van der Waals surface area (Å²) < 4.78 is 16.4. The monoisotopic (exact) mass is 443 g/mol. The minimum absolute atomic E-state index is 0.143. The van der Waals surface area contributed by atoms with E-state index < -0.39 is 0 Å². The molecule has 1 aromatic heterocycles. The molecule has 0 bridgehead atoms. The number of hydrogen-bond acceptors (Lipinski definition) is 6. The number of anilines is 1. The Bertz CT molecular complexity index is 1230. The zero-order chi connectivity index (χ0) is 23.2. The molecule has 0 unspecified atom stereocenters. The van der Waals surface area contributed by atoms with Gasteiger partial charge in [0.05, 0.1) is 14.2 Å². The van der Waals surface area contributed by atoms with E-state index in [1.54, 1.807) is 14.2 Å². The fourth-order valence-electron chi connectivity index (χ4n) is 3.39. The molecule has 0 saturated heterocycles. The fourth-order valence-corrected chi connectivity index (χ4v) is 3.39. The van der Waals surface area contributed by atoms with Crippen molar-refractivity contribution in [2.24, 2.45) is 0 Å². The molecular weight excluding hydrogens is 418 g/mol. The van der Waals surface area contributed by atoms with Gasteiger partial charge < -0.3 is 19.2 Å². The van der Waals surface area contributed by atoms with Crippen molar-refractivity contribution in [3.63, 3.8) is 0 Å². The van der Waals surface area contributed by atoms with Gasteiger partial charge in [-0.1, -0.05) is 29.8 Å². The topological polar surface area (TPSA) is 86.5 Å². The number of aromatic nitrogens is 2. The molecule has 0 saturated carbocycles. The first kappa shape index (κ1) is 22.1. The van der Waals surface area contributed by atoms with Crippen molar-refractivity contribution in [1.82, 2.24) is 10.2 Å². The van der Waals surface area contributed by atoms with E-state index in [9.17, 15) is 4.79 Å². The van der Waals surface area contributed by atoms with Gasteiger partial charge in [-0.05, 0) is 55.0 Å². The number of carbonyl (C=O) groups is 1. The van der Waals surface area contributed by atoms with Crippen molar-refractivity contribution in [3.8, 4) is 34.1 Å². The third-order valence-corrected chi connectivity index (χ3v) is 5.22. The summed E-state index contributed by atoms with van der Waals surface area (Å²) in [6, 6.07) is 21.0. The standard InChI is InChI=1S/C26H25N3O4/c1-17-4-6-19(7-5-17)26-29-28-25(33-26)15-14-24(30)27-20-10-13-23(32-3)22(16-20)18-8-11-21(31-2)12-9-18/h4-13,16H,14-15H2,1-3H3,(H,27,30). The second kappa shape index (κ2) is 9.99. The van der Waals surface area contributed by atoms with Crippen molar-refractivity contribution in [1.29, 1.82) is 0 Å². The molecule has 33 heavy (non-hydrogen) atoms. The molecule has 1 N–H and O–H groups in total. The van der Waals surface area contributed by atoms with Gasteiger partial charge in [0.2, 0.25) is 17.7 Å². The van der Waals surface area contributed by atoms with Crippen LogP contribution in [-0.4, -0.2) is 30.3 Å². The van der Waals surface area contributed by atoms with E-state index in [1.807, 2.05) is 73.7 Å². The van der Waals surface area contributed by atoms with Gasteiger partial charge in [-0.3, -0.25) is 4.79 Å². The highest BCUT2D eigenvalue weighted by atomic mass is 16.5. The van der Waals surface area contributed by atoms with Crippen LogP contribution < -0.4 is 14.8 Å². The molecule has 4 aromatic rings. The van der Waals surface area contributed by atoms with E-state index in [1.165, 1.54) is 0 Å². The van der Waals surface area contributed by atoms with Crippen LogP contribution in [0.1, 0.15) is 17.9 Å². The van der Waals surface area contributed by atoms with Crippen molar-refractivity contribution < 1.29 is 18.7 Å². The van der Waals surface area contributed by atoms with E-state index in [0.29, 0.717) is 29.6 Å². The van der Waals surface area contributed by atoms with Crippen LogP contribution in [0.25, 0.3) is 22.6 Å². The Balaban J connectivity index is 1.40. The number of rotatable bonds is 8. The Labute approximate surface area is 192 Å². The molecule has 3 aromatic carbocycles. The average Bonchev–Trinajstić information content (AvgIpc) is 3.32. The van der Waals surface area contributed by atoms with Crippen LogP contribution in [0.5, 0.6) is 11.5 Å². The van der Waals surface area contributed by atoms with Crippen LogP contribution in [0, 0.1) is 6.92 Å². The highest BCUT2D eigenvalue weighted by Crippen LogP contribution is 2.33. The Morgan fingerprint density at radius 1 is 0.909 bits per heavy atom. The summed E-state index contributed by atoms with van der Waals surface area (Å²) >= 11 is 0. The highest BCUT2D eigenvalue weighted by molar-refractivity contribution is 5.92. The normalized spacial score (nSPS) is 10.6. The maximum atomic E-state index is 12.5. The van der Waals surface area contributed by atoms with Crippen molar-refractivity contribution in [2.45, 2.75) is 19.8 Å². The Hall–Kier alpha value is -4.13. The molecule has 7 nitrogen and oxygen atoms in total. The predicted molar refractivity (Wildman–Crippen MR) is 126 cm³/mol. The van der Waals surface area contributed by atoms with E-state index >= 15 is 0 Å². The fraction of sp³-hybridized carbons (Fsp3) is 0.192. The molecule has 1 heterocycles. The number of amides is 1. The number of nitrogens with one attached hydrogen (secondary N) is 1. The van der Waals surface area contributed by atoms with Gasteiger partial charge in [-0.2, -0.15) is 0 Å². The van der Waals surface area contributed by atoms with Crippen LogP contribution in [-0.2, 0) is 11.2 Å². The smallest absolute Gasteiger partial charge is 0.247 e. The first-order valence-electron chi connectivity index (χ1n) is 10.6. The lowest BCUT2D eigenvalue weighted by atomic mass is 10.0.